The van der Waals surface area contributed by atoms with Crippen molar-refractivity contribution in [3.8, 4) is 0 Å². The molecule has 154 valence electrons. The summed E-state index contributed by atoms with van der Waals surface area (Å²) in [7, 11) is 0. The van der Waals surface area contributed by atoms with E-state index >= 15 is 0 Å². The Balaban J connectivity index is 1.31. The monoisotopic (exact) mass is 447 g/mol. The van der Waals surface area contributed by atoms with E-state index in [1.54, 1.807) is 12.1 Å². The highest BCUT2D eigenvalue weighted by Gasteiger charge is 2.08. The molecule has 0 aliphatic heterocycles. The van der Waals surface area contributed by atoms with Crippen LogP contribution in [-0.4, -0.2) is 22.6 Å². The van der Waals surface area contributed by atoms with Gasteiger partial charge in [0.25, 0.3) is 5.91 Å². The average Bonchev–Trinajstić information content (AvgIpc) is 2.80. The van der Waals surface area contributed by atoms with Gasteiger partial charge >= 0.3 is 0 Å². The first-order valence-electron chi connectivity index (χ1n) is 9.51. The number of pyridine rings is 1. The molecule has 7 heteroatoms. The first kappa shape index (κ1) is 20.9. The summed E-state index contributed by atoms with van der Waals surface area (Å²) in [6, 6.07) is 24.3. The number of carbonyl (C=O) groups excluding carboxylic acids is 2. The van der Waals surface area contributed by atoms with Crippen LogP contribution < -0.4 is 10.6 Å². The van der Waals surface area contributed by atoms with Crippen LogP contribution in [0.5, 0.6) is 0 Å². The minimum absolute atomic E-state index is 0.159. The number of aromatic nitrogens is 1. The van der Waals surface area contributed by atoms with E-state index in [4.69, 9.17) is 11.6 Å². The highest BCUT2D eigenvalue weighted by Crippen LogP contribution is 2.22. The molecule has 0 spiro atoms. The Labute approximate surface area is 188 Å². The Kier molecular flexibility index (Phi) is 6.50. The van der Waals surface area contributed by atoms with Gasteiger partial charge in [0.05, 0.1) is 10.8 Å². The van der Waals surface area contributed by atoms with Crippen LogP contribution in [0.25, 0.3) is 10.8 Å². The number of nitrogens with zero attached hydrogens (tertiary/aromatic N) is 1. The van der Waals surface area contributed by atoms with Gasteiger partial charge in [-0.15, -0.1) is 11.8 Å². The molecular weight excluding hydrogens is 430 g/mol. The van der Waals surface area contributed by atoms with Crippen LogP contribution >= 0.6 is 23.4 Å². The van der Waals surface area contributed by atoms with Gasteiger partial charge in [0, 0.05) is 22.3 Å². The number of thioether (sulfide) groups is 1. The molecule has 2 amide bonds. The molecule has 31 heavy (non-hydrogen) atoms. The van der Waals surface area contributed by atoms with E-state index in [0.29, 0.717) is 22.1 Å². The molecule has 2 N–H and O–H groups in total. The lowest BCUT2D eigenvalue weighted by Gasteiger charge is -2.08. The average molecular weight is 448 g/mol. The zero-order valence-corrected chi connectivity index (χ0v) is 17.9. The second kappa shape index (κ2) is 9.64. The SMILES string of the molecule is O=C(CSc1ccc(NC(=O)c2ccc3ccccc3c2)cc1)Nc1ccc(Cl)cn1. The molecular formula is C24H18ClN3O2S. The first-order chi connectivity index (χ1) is 15.1. The maximum absolute atomic E-state index is 12.6. The summed E-state index contributed by atoms with van der Waals surface area (Å²) in [6.45, 7) is 0. The molecule has 4 aromatic rings. The van der Waals surface area contributed by atoms with Gasteiger partial charge in [0.15, 0.2) is 0 Å². The Bertz CT molecular complexity index is 1230. The van der Waals surface area contributed by atoms with E-state index in [1.807, 2.05) is 66.7 Å². The van der Waals surface area contributed by atoms with E-state index in [-0.39, 0.29) is 17.6 Å². The summed E-state index contributed by atoms with van der Waals surface area (Å²) in [5.74, 6) is 0.379. The van der Waals surface area contributed by atoms with Crippen LogP contribution in [0.2, 0.25) is 5.02 Å². The van der Waals surface area contributed by atoms with E-state index < -0.39 is 0 Å². The number of rotatable bonds is 6. The number of carbonyl (C=O) groups is 2. The smallest absolute Gasteiger partial charge is 0.255 e. The fourth-order valence-electron chi connectivity index (χ4n) is 2.95. The lowest BCUT2D eigenvalue weighted by atomic mass is 10.1. The van der Waals surface area contributed by atoms with Gasteiger partial charge in [-0.3, -0.25) is 9.59 Å². The molecule has 0 aliphatic rings. The Morgan fingerprint density at radius 3 is 2.39 bits per heavy atom. The number of benzene rings is 3. The minimum Gasteiger partial charge on any atom is -0.322 e. The summed E-state index contributed by atoms with van der Waals surface area (Å²) in [5, 5.41) is 8.26. The number of hydrogen-bond acceptors (Lipinski definition) is 4. The van der Waals surface area contributed by atoms with Gasteiger partial charge in [0.1, 0.15) is 5.82 Å². The Hall–Kier alpha value is -3.35. The van der Waals surface area contributed by atoms with Crippen LogP contribution in [-0.2, 0) is 4.79 Å². The predicted molar refractivity (Wildman–Crippen MR) is 127 cm³/mol. The number of halogens is 1. The highest BCUT2D eigenvalue weighted by molar-refractivity contribution is 8.00. The molecule has 1 heterocycles. The van der Waals surface area contributed by atoms with Crippen molar-refractivity contribution in [1.82, 2.24) is 4.98 Å². The van der Waals surface area contributed by atoms with Gasteiger partial charge in [-0.1, -0.05) is 41.9 Å². The second-order valence-electron chi connectivity index (χ2n) is 6.74. The molecule has 0 fully saturated rings. The quantitative estimate of drug-likeness (QED) is 0.362. The first-order valence-corrected chi connectivity index (χ1v) is 10.9. The van der Waals surface area contributed by atoms with Gasteiger partial charge in [0.2, 0.25) is 5.91 Å². The molecule has 0 atom stereocenters. The molecule has 0 bridgehead atoms. The van der Waals surface area contributed by atoms with Crippen molar-refractivity contribution in [1.29, 1.82) is 0 Å². The maximum atomic E-state index is 12.6. The summed E-state index contributed by atoms with van der Waals surface area (Å²) in [6.07, 6.45) is 1.48. The maximum Gasteiger partial charge on any atom is 0.255 e. The molecule has 0 aliphatic carbocycles. The van der Waals surface area contributed by atoms with Gasteiger partial charge in [-0.25, -0.2) is 4.98 Å². The summed E-state index contributed by atoms with van der Waals surface area (Å²) in [4.78, 5) is 29.6. The molecule has 0 radical (unpaired) electrons. The zero-order chi connectivity index (χ0) is 21.6. The third-order valence-corrected chi connectivity index (χ3v) is 5.72. The van der Waals surface area contributed by atoms with Crippen LogP contribution in [0.15, 0.2) is 90.0 Å². The Morgan fingerprint density at radius 2 is 1.65 bits per heavy atom. The van der Waals surface area contributed by atoms with Gasteiger partial charge in [-0.05, 0) is 59.3 Å². The van der Waals surface area contributed by atoms with E-state index in [9.17, 15) is 9.59 Å². The lowest BCUT2D eigenvalue weighted by Crippen LogP contribution is -2.14. The van der Waals surface area contributed by atoms with Crippen molar-refractivity contribution in [2.45, 2.75) is 4.90 Å². The van der Waals surface area contributed by atoms with Crippen molar-refractivity contribution in [2.75, 3.05) is 16.4 Å². The predicted octanol–water partition coefficient (Wildman–Crippen LogP) is 5.87. The van der Waals surface area contributed by atoms with Crippen molar-refractivity contribution < 1.29 is 9.59 Å². The van der Waals surface area contributed by atoms with Gasteiger partial charge < -0.3 is 10.6 Å². The fourth-order valence-corrected chi connectivity index (χ4v) is 3.76. The topological polar surface area (TPSA) is 71.1 Å². The molecule has 4 rings (SSSR count). The second-order valence-corrected chi connectivity index (χ2v) is 8.22. The van der Waals surface area contributed by atoms with Crippen molar-refractivity contribution in [3.05, 3.63) is 95.6 Å². The van der Waals surface area contributed by atoms with Crippen molar-refractivity contribution in [2.24, 2.45) is 0 Å². The van der Waals surface area contributed by atoms with Crippen molar-refractivity contribution >= 4 is 57.5 Å². The molecule has 0 saturated heterocycles. The normalized spacial score (nSPS) is 10.6. The standard InChI is InChI=1S/C24H18ClN3O2S/c25-19-7-12-22(26-14-19)28-23(29)15-31-21-10-8-20(9-11-21)27-24(30)18-6-5-16-3-1-2-4-17(16)13-18/h1-14H,15H2,(H,27,30)(H,26,28,29). The van der Waals surface area contributed by atoms with Crippen molar-refractivity contribution in [3.63, 3.8) is 0 Å². The number of nitrogens with one attached hydrogen (secondary N) is 2. The Morgan fingerprint density at radius 1 is 0.871 bits per heavy atom. The fraction of sp³-hybridized carbons (Fsp3) is 0.0417. The van der Waals surface area contributed by atoms with Crippen LogP contribution in [0.4, 0.5) is 11.5 Å². The summed E-state index contributed by atoms with van der Waals surface area (Å²) >= 11 is 7.18. The molecule has 3 aromatic carbocycles. The largest absolute Gasteiger partial charge is 0.322 e. The number of anilines is 2. The number of fused-ring (bicyclic) bond motifs is 1. The van der Waals surface area contributed by atoms with Crippen LogP contribution in [0.3, 0.4) is 0 Å². The highest BCUT2D eigenvalue weighted by atomic mass is 35.5. The number of hydrogen-bond donors (Lipinski definition) is 2. The molecule has 0 saturated carbocycles. The van der Waals surface area contributed by atoms with E-state index in [0.717, 1.165) is 15.7 Å². The van der Waals surface area contributed by atoms with Crippen LogP contribution in [0, 0.1) is 0 Å². The number of amides is 2. The molecule has 5 nitrogen and oxygen atoms in total. The summed E-state index contributed by atoms with van der Waals surface area (Å²) < 4.78 is 0. The van der Waals surface area contributed by atoms with E-state index in [2.05, 4.69) is 15.6 Å². The van der Waals surface area contributed by atoms with Crippen LogP contribution in [0.1, 0.15) is 10.4 Å². The minimum atomic E-state index is -0.166. The third kappa shape index (κ3) is 5.63. The van der Waals surface area contributed by atoms with Gasteiger partial charge in [-0.2, -0.15) is 0 Å². The van der Waals surface area contributed by atoms with E-state index in [1.165, 1.54) is 18.0 Å². The zero-order valence-electron chi connectivity index (χ0n) is 16.3. The third-order valence-electron chi connectivity index (χ3n) is 4.49. The molecule has 1 aromatic heterocycles. The lowest BCUT2D eigenvalue weighted by molar-refractivity contribution is -0.113. The summed E-state index contributed by atoms with van der Waals surface area (Å²) in [5.41, 5.74) is 1.29. The molecule has 0 unspecified atom stereocenters.